The fraction of sp³-hybridized carbons (Fsp3) is 0.235. The molecule has 4 rings (SSSR count). The Labute approximate surface area is 119 Å². The van der Waals surface area contributed by atoms with Crippen LogP contribution in [-0.4, -0.2) is 29.1 Å². The van der Waals surface area contributed by atoms with Gasteiger partial charge in [0.25, 0.3) is 0 Å². The summed E-state index contributed by atoms with van der Waals surface area (Å²) in [5.41, 5.74) is 5.25. The van der Waals surface area contributed by atoms with Gasteiger partial charge in [-0.3, -0.25) is 4.99 Å². The summed E-state index contributed by atoms with van der Waals surface area (Å²) in [6.45, 7) is 0.985. The SMILES string of the molecule is CN1C=CC2=NC=CN3C2=C(C[C@H]3c2ccccc2)C1. The van der Waals surface area contributed by atoms with Crippen LogP contribution >= 0.6 is 0 Å². The number of allylic oxidation sites excluding steroid dienone is 1. The maximum Gasteiger partial charge on any atom is 0.0881 e. The van der Waals surface area contributed by atoms with Crippen LogP contribution in [0.15, 0.2) is 71.3 Å². The highest BCUT2D eigenvalue weighted by atomic mass is 15.2. The van der Waals surface area contributed by atoms with Crippen molar-refractivity contribution in [3.8, 4) is 0 Å². The molecule has 1 aromatic carbocycles. The van der Waals surface area contributed by atoms with E-state index < -0.39 is 0 Å². The molecule has 0 spiro atoms. The van der Waals surface area contributed by atoms with E-state index in [0.717, 1.165) is 18.7 Å². The average Bonchev–Trinajstić information content (AvgIpc) is 2.76. The number of hydrogen-bond donors (Lipinski definition) is 0. The molecule has 0 aromatic heterocycles. The van der Waals surface area contributed by atoms with Crippen LogP contribution in [0.2, 0.25) is 0 Å². The maximum absolute atomic E-state index is 4.54. The number of nitrogens with zero attached hydrogens (tertiary/aromatic N) is 3. The van der Waals surface area contributed by atoms with Crippen molar-refractivity contribution in [3.63, 3.8) is 0 Å². The molecule has 0 fully saturated rings. The second-order valence-corrected chi connectivity index (χ2v) is 5.53. The zero-order valence-electron chi connectivity index (χ0n) is 11.5. The lowest BCUT2D eigenvalue weighted by Crippen LogP contribution is -2.23. The summed E-state index contributed by atoms with van der Waals surface area (Å²) in [6, 6.07) is 11.2. The summed E-state index contributed by atoms with van der Waals surface area (Å²) >= 11 is 0. The third-order valence-corrected chi connectivity index (χ3v) is 4.16. The zero-order chi connectivity index (χ0) is 13.5. The Morgan fingerprint density at radius 1 is 1.15 bits per heavy atom. The Hall–Kier alpha value is -2.29. The van der Waals surface area contributed by atoms with Gasteiger partial charge in [0.1, 0.15) is 0 Å². The highest BCUT2D eigenvalue weighted by Gasteiger charge is 2.35. The topological polar surface area (TPSA) is 18.8 Å². The van der Waals surface area contributed by atoms with E-state index in [1.807, 2.05) is 6.20 Å². The quantitative estimate of drug-likeness (QED) is 0.775. The van der Waals surface area contributed by atoms with Crippen molar-refractivity contribution in [2.45, 2.75) is 12.5 Å². The van der Waals surface area contributed by atoms with Crippen LogP contribution in [-0.2, 0) is 0 Å². The molecule has 3 aliphatic rings. The molecule has 0 saturated carbocycles. The Morgan fingerprint density at radius 3 is 2.85 bits per heavy atom. The standard InChI is InChI=1S/C17H17N3/c1-19-9-7-15-17-14(12-19)11-16(20(17)10-8-18-15)13-5-3-2-4-6-13/h2-10,16H,11-12H2,1H3/t16-/m0/s1. The lowest BCUT2D eigenvalue weighted by molar-refractivity contribution is 0.389. The summed E-state index contributed by atoms with van der Waals surface area (Å²) < 4.78 is 0. The number of rotatable bonds is 1. The average molecular weight is 263 g/mol. The molecular formula is C17H17N3. The Morgan fingerprint density at radius 2 is 2.00 bits per heavy atom. The smallest absolute Gasteiger partial charge is 0.0881 e. The molecular weight excluding hydrogens is 246 g/mol. The van der Waals surface area contributed by atoms with Crippen LogP contribution in [0, 0.1) is 0 Å². The number of aliphatic imine (C=N–C) groups is 1. The molecule has 0 unspecified atom stereocenters. The molecule has 0 amide bonds. The number of hydrogen-bond acceptors (Lipinski definition) is 3. The Kier molecular flexibility index (Phi) is 2.52. The van der Waals surface area contributed by atoms with Crippen molar-refractivity contribution in [1.29, 1.82) is 0 Å². The van der Waals surface area contributed by atoms with Crippen LogP contribution in [0.4, 0.5) is 0 Å². The van der Waals surface area contributed by atoms with Crippen molar-refractivity contribution >= 4 is 5.71 Å². The predicted molar refractivity (Wildman–Crippen MR) is 81.0 cm³/mol. The van der Waals surface area contributed by atoms with Gasteiger partial charge in [0.2, 0.25) is 0 Å². The van der Waals surface area contributed by atoms with Crippen molar-refractivity contribution in [2.24, 2.45) is 4.99 Å². The van der Waals surface area contributed by atoms with Crippen LogP contribution in [0.3, 0.4) is 0 Å². The highest BCUT2D eigenvalue weighted by Crippen LogP contribution is 2.42. The third kappa shape index (κ3) is 1.70. The fourth-order valence-electron chi connectivity index (χ4n) is 3.27. The second kappa shape index (κ2) is 4.37. The van der Waals surface area contributed by atoms with Crippen molar-refractivity contribution in [1.82, 2.24) is 9.80 Å². The fourth-order valence-corrected chi connectivity index (χ4v) is 3.27. The molecule has 1 atom stereocenters. The summed E-state index contributed by atoms with van der Waals surface area (Å²) in [4.78, 5) is 9.15. The lowest BCUT2D eigenvalue weighted by atomic mass is 10.0. The summed E-state index contributed by atoms with van der Waals surface area (Å²) in [5, 5.41) is 0. The van der Waals surface area contributed by atoms with Gasteiger partial charge < -0.3 is 9.80 Å². The van der Waals surface area contributed by atoms with Gasteiger partial charge in [0.05, 0.1) is 17.5 Å². The monoisotopic (exact) mass is 263 g/mol. The van der Waals surface area contributed by atoms with E-state index in [0.29, 0.717) is 6.04 Å². The van der Waals surface area contributed by atoms with Gasteiger partial charge in [-0.15, -0.1) is 0 Å². The van der Waals surface area contributed by atoms with Gasteiger partial charge in [-0.2, -0.15) is 0 Å². The van der Waals surface area contributed by atoms with Gasteiger partial charge in [0.15, 0.2) is 0 Å². The van der Waals surface area contributed by atoms with E-state index in [1.54, 1.807) is 0 Å². The minimum Gasteiger partial charge on any atom is -0.376 e. The molecule has 3 nitrogen and oxygen atoms in total. The van der Waals surface area contributed by atoms with Crippen LogP contribution in [0.25, 0.3) is 0 Å². The van der Waals surface area contributed by atoms with E-state index in [2.05, 4.69) is 70.6 Å². The van der Waals surface area contributed by atoms with Crippen LogP contribution in [0.1, 0.15) is 18.0 Å². The van der Waals surface area contributed by atoms with Crippen LogP contribution < -0.4 is 0 Å². The first-order valence-corrected chi connectivity index (χ1v) is 7.01. The molecule has 0 radical (unpaired) electrons. The summed E-state index contributed by atoms with van der Waals surface area (Å²) in [7, 11) is 2.12. The van der Waals surface area contributed by atoms with E-state index in [1.165, 1.54) is 16.8 Å². The normalized spacial score (nSPS) is 23.9. The number of likely N-dealkylation sites (N-methyl/N-ethyl adjacent to an activating group) is 1. The van der Waals surface area contributed by atoms with Gasteiger partial charge in [-0.05, 0) is 23.6 Å². The lowest BCUT2D eigenvalue weighted by Gasteiger charge is -2.28. The van der Waals surface area contributed by atoms with E-state index in [9.17, 15) is 0 Å². The minimum atomic E-state index is 0.405. The second-order valence-electron chi connectivity index (χ2n) is 5.53. The van der Waals surface area contributed by atoms with Crippen molar-refractivity contribution in [3.05, 3.63) is 71.8 Å². The minimum absolute atomic E-state index is 0.405. The first-order valence-electron chi connectivity index (χ1n) is 7.01. The first kappa shape index (κ1) is 11.5. The summed E-state index contributed by atoms with van der Waals surface area (Å²) in [5.74, 6) is 0. The van der Waals surface area contributed by atoms with Gasteiger partial charge in [-0.25, -0.2) is 0 Å². The predicted octanol–water partition coefficient (Wildman–Crippen LogP) is 3.07. The van der Waals surface area contributed by atoms with Crippen LogP contribution in [0.5, 0.6) is 0 Å². The largest absolute Gasteiger partial charge is 0.376 e. The molecule has 100 valence electrons. The first-order chi connectivity index (χ1) is 9.83. The molecule has 0 bridgehead atoms. The molecule has 0 saturated heterocycles. The van der Waals surface area contributed by atoms with Gasteiger partial charge in [0, 0.05) is 32.2 Å². The molecule has 3 aliphatic heterocycles. The van der Waals surface area contributed by atoms with E-state index in [4.69, 9.17) is 0 Å². The van der Waals surface area contributed by atoms with Gasteiger partial charge in [-0.1, -0.05) is 30.3 Å². The van der Waals surface area contributed by atoms with E-state index in [-0.39, 0.29) is 0 Å². The molecule has 0 N–H and O–H groups in total. The molecule has 3 heteroatoms. The Bertz CT molecular complexity index is 652. The molecule has 1 aromatic rings. The summed E-state index contributed by atoms with van der Waals surface area (Å²) in [6.07, 6.45) is 9.34. The molecule has 20 heavy (non-hydrogen) atoms. The Balaban J connectivity index is 1.77. The van der Waals surface area contributed by atoms with Crippen molar-refractivity contribution < 1.29 is 0 Å². The highest BCUT2D eigenvalue weighted by molar-refractivity contribution is 6.10. The third-order valence-electron chi connectivity index (χ3n) is 4.16. The van der Waals surface area contributed by atoms with Gasteiger partial charge >= 0.3 is 0 Å². The number of benzene rings is 1. The maximum atomic E-state index is 4.54. The van der Waals surface area contributed by atoms with E-state index >= 15 is 0 Å². The molecule has 0 aliphatic carbocycles. The zero-order valence-corrected chi connectivity index (χ0v) is 11.5. The molecule has 3 heterocycles. The van der Waals surface area contributed by atoms with Crippen molar-refractivity contribution in [2.75, 3.05) is 13.6 Å².